The minimum atomic E-state index is 0.752. The lowest BCUT2D eigenvalue weighted by atomic mass is 10.1. The molecule has 0 saturated carbocycles. The van der Waals surface area contributed by atoms with Crippen molar-refractivity contribution in [1.29, 1.82) is 0 Å². The quantitative estimate of drug-likeness (QED) is 0.841. The fraction of sp³-hybridized carbons (Fsp3) is 0.312. The van der Waals surface area contributed by atoms with Crippen LogP contribution in [0.1, 0.15) is 0 Å². The van der Waals surface area contributed by atoms with E-state index in [0.717, 1.165) is 35.1 Å². The number of rotatable bonds is 5. The average Bonchev–Trinajstić information content (AvgIpc) is 2.46. The summed E-state index contributed by atoms with van der Waals surface area (Å²) in [7, 11) is 6.21. The molecule has 0 spiro atoms. The Morgan fingerprint density at radius 1 is 0.900 bits per heavy atom. The molecule has 0 aliphatic heterocycles. The van der Waals surface area contributed by atoms with Crippen molar-refractivity contribution in [2.24, 2.45) is 0 Å². The van der Waals surface area contributed by atoms with Gasteiger partial charge in [0.15, 0.2) is 0 Å². The van der Waals surface area contributed by atoms with Crippen molar-refractivity contribution in [1.82, 2.24) is 9.88 Å². The largest absolute Gasteiger partial charge is 0.358 e. The minimum absolute atomic E-state index is 0.752. The third-order valence-corrected chi connectivity index (χ3v) is 3.45. The summed E-state index contributed by atoms with van der Waals surface area (Å²) in [6.45, 7) is 1.97. The van der Waals surface area contributed by atoms with Crippen molar-refractivity contribution < 1.29 is 0 Å². The number of pyridine rings is 1. The van der Waals surface area contributed by atoms with Crippen LogP contribution in [0.25, 0.3) is 11.1 Å². The molecule has 1 aromatic carbocycles. The van der Waals surface area contributed by atoms with Crippen molar-refractivity contribution in [2.45, 2.75) is 0 Å². The third kappa shape index (κ3) is 3.95. The molecule has 106 valence electrons. The van der Waals surface area contributed by atoms with Crippen LogP contribution in [-0.2, 0) is 0 Å². The molecule has 0 aliphatic carbocycles. The molecule has 20 heavy (non-hydrogen) atoms. The normalized spacial score (nSPS) is 10.8. The number of likely N-dealkylation sites (N-methyl/N-ethyl adjacent to an activating group) is 2. The van der Waals surface area contributed by atoms with Crippen LogP contribution in [0.4, 0.5) is 5.82 Å². The highest BCUT2D eigenvalue weighted by Crippen LogP contribution is 2.22. The molecule has 4 heteroatoms. The van der Waals surface area contributed by atoms with Crippen LogP contribution >= 0.6 is 11.6 Å². The maximum absolute atomic E-state index is 5.90. The zero-order valence-corrected chi connectivity index (χ0v) is 12.9. The minimum Gasteiger partial charge on any atom is -0.358 e. The van der Waals surface area contributed by atoms with E-state index in [0.29, 0.717) is 0 Å². The zero-order chi connectivity index (χ0) is 14.5. The first-order valence-electron chi connectivity index (χ1n) is 6.64. The SMILES string of the molecule is CN(C)CCN(C)c1ccc(-c2ccc(Cl)cc2)cn1. The van der Waals surface area contributed by atoms with E-state index in [9.17, 15) is 0 Å². The Hall–Kier alpha value is -1.58. The molecule has 0 unspecified atom stereocenters. The van der Waals surface area contributed by atoms with Crippen LogP contribution in [0, 0.1) is 0 Å². The lowest BCUT2D eigenvalue weighted by Gasteiger charge is -2.20. The van der Waals surface area contributed by atoms with Crippen LogP contribution < -0.4 is 4.90 Å². The van der Waals surface area contributed by atoms with Gasteiger partial charge in [0.1, 0.15) is 5.82 Å². The Morgan fingerprint density at radius 3 is 2.10 bits per heavy atom. The number of nitrogens with zero attached hydrogens (tertiary/aromatic N) is 3. The Kier molecular flexibility index (Phi) is 4.99. The number of benzene rings is 1. The summed E-state index contributed by atoms with van der Waals surface area (Å²) in [6, 6.07) is 12.0. The molecule has 2 aromatic rings. The highest BCUT2D eigenvalue weighted by atomic mass is 35.5. The van der Waals surface area contributed by atoms with Crippen LogP contribution in [0.15, 0.2) is 42.6 Å². The summed E-state index contributed by atoms with van der Waals surface area (Å²) in [5.74, 6) is 0.990. The van der Waals surface area contributed by atoms with Gasteiger partial charge in [0.25, 0.3) is 0 Å². The Morgan fingerprint density at radius 2 is 1.55 bits per heavy atom. The standard InChI is InChI=1S/C16H20ClN3/c1-19(2)10-11-20(3)16-9-6-14(12-18-16)13-4-7-15(17)8-5-13/h4-9,12H,10-11H2,1-3H3. The van der Waals surface area contributed by atoms with Gasteiger partial charge in [-0.1, -0.05) is 23.7 Å². The maximum atomic E-state index is 5.90. The molecule has 3 nitrogen and oxygen atoms in total. The van der Waals surface area contributed by atoms with Gasteiger partial charge >= 0.3 is 0 Å². The summed E-state index contributed by atoms with van der Waals surface area (Å²) in [5, 5.41) is 0.752. The molecule has 2 rings (SSSR count). The highest BCUT2D eigenvalue weighted by Gasteiger charge is 2.04. The van der Waals surface area contributed by atoms with Crippen molar-refractivity contribution in [2.75, 3.05) is 39.1 Å². The molecule has 0 bridgehead atoms. The second-order valence-electron chi connectivity index (χ2n) is 5.14. The molecule has 1 heterocycles. The summed E-state index contributed by atoms with van der Waals surface area (Å²) in [5.41, 5.74) is 2.23. The molecule has 0 amide bonds. The molecule has 0 atom stereocenters. The Balaban J connectivity index is 2.07. The van der Waals surface area contributed by atoms with Gasteiger partial charge in [-0.15, -0.1) is 0 Å². The predicted octanol–water partition coefficient (Wildman–Crippen LogP) is 3.40. The first-order chi connectivity index (χ1) is 9.56. The van der Waals surface area contributed by atoms with Gasteiger partial charge in [-0.05, 0) is 43.9 Å². The Bertz CT molecular complexity index is 535. The number of hydrogen-bond donors (Lipinski definition) is 0. The van der Waals surface area contributed by atoms with E-state index in [-0.39, 0.29) is 0 Å². The number of anilines is 1. The summed E-state index contributed by atoms with van der Waals surface area (Å²) in [4.78, 5) is 8.85. The average molecular weight is 290 g/mol. The topological polar surface area (TPSA) is 19.4 Å². The fourth-order valence-corrected chi connectivity index (χ4v) is 2.02. The molecular formula is C16H20ClN3. The van der Waals surface area contributed by atoms with Gasteiger partial charge < -0.3 is 9.80 Å². The molecular weight excluding hydrogens is 270 g/mol. The van der Waals surface area contributed by atoms with E-state index < -0.39 is 0 Å². The van der Waals surface area contributed by atoms with E-state index in [4.69, 9.17) is 11.6 Å². The zero-order valence-electron chi connectivity index (χ0n) is 12.2. The van der Waals surface area contributed by atoms with Crippen LogP contribution in [0.2, 0.25) is 5.02 Å². The second-order valence-corrected chi connectivity index (χ2v) is 5.57. The number of hydrogen-bond acceptors (Lipinski definition) is 3. The first-order valence-corrected chi connectivity index (χ1v) is 7.02. The van der Waals surface area contributed by atoms with Crippen molar-refractivity contribution >= 4 is 17.4 Å². The van der Waals surface area contributed by atoms with E-state index >= 15 is 0 Å². The van der Waals surface area contributed by atoms with Gasteiger partial charge in [0, 0.05) is 36.9 Å². The molecule has 0 aliphatic rings. The molecule has 0 radical (unpaired) electrons. The van der Waals surface area contributed by atoms with Crippen LogP contribution in [-0.4, -0.2) is 44.1 Å². The van der Waals surface area contributed by atoms with Gasteiger partial charge in [0.05, 0.1) is 0 Å². The van der Waals surface area contributed by atoms with E-state index in [1.54, 1.807) is 0 Å². The predicted molar refractivity (Wildman–Crippen MR) is 86.5 cm³/mol. The molecule has 1 aromatic heterocycles. The van der Waals surface area contributed by atoms with E-state index in [1.807, 2.05) is 30.5 Å². The summed E-state index contributed by atoms with van der Waals surface area (Å²) < 4.78 is 0. The third-order valence-electron chi connectivity index (χ3n) is 3.20. The second kappa shape index (κ2) is 6.73. The van der Waals surface area contributed by atoms with Crippen LogP contribution in [0.3, 0.4) is 0 Å². The van der Waals surface area contributed by atoms with Gasteiger partial charge in [0.2, 0.25) is 0 Å². The monoisotopic (exact) mass is 289 g/mol. The Labute approximate surface area is 125 Å². The molecule has 0 fully saturated rings. The maximum Gasteiger partial charge on any atom is 0.128 e. The fourth-order valence-electron chi connectivity index (χ4n) is 1.89. The summed E-state index contributed by atoms with van der Waals surface area (Å²) >= 11 is 5.90. The molecule has 0 N–H and O–H groups in total. The first kappa shape index (κ1) is 14.8. The van der Waals surface area contributed by atoms with E-state index in [1.165, 1.54) is 0 Å². The summed E-state index contributed by atoms with van der Waals surface area (Å²) in [6.07, 6.45) is 1.91. The lowest BCUT2D eigenvalue weighted by molar-refractivity contribution is 0.416. The smallest absolute Gasteiger partial charge is 0.128 e. The van der Waals surface area contributed by atoms with Crippen molar-refractivity contribution in [3.05, 3.63) is 47.6 Å². The number of halogens is 1. The van der Waals surface area contributed by atoms with Gasteiger partial charge in [-0.3, -0.25) is 0 Å². The molecule has 0 saturated heterocycles. The van der Waals surface area contributed by atoms with Crippen LogP contribution in [0.5, 0.6) is 0 Å². The van der Waals surface area contributed by atoms with Gasteiger partial charge in [-0.2, -0.15) is 0 Å². The highest BCUT2D eigenvalue weighted by molar-refractivity contribution is 6.30. The van der Waals surface area contributed by atoms with Crippen molar-refractivity contribution in [3.8, 4) is 11.1 Å². The number of aromatic nitrogens is 1. The van der Waals surface area contributed by atoms with Gasteiger partial charge in [-0.25, -0.2) is 4.98 Å². The van der Waals surface area contributed by atoms with Crippen molar-refractivity contribution in [3.63, 3.8) is 0 Å². The van der Waals surface area contributed by atoms with E-state index in [2.05, 4.69) is 48.1 Å². The lowest BCUT2D eigenvalue weighted by Crippen LogP contribution is -2.28.